The number of unbranched alkanes of at least 4 members (excludes halogenated alkanes) is 2. The first-order valence-electron chi connectivity index (χ1n) is 5.65. The van der Waals surface area contributed by atoms with Crippen LogP contribution < -0.4 is 0 Å². The largest absolute Gasteiger partial charge is 0.389 e. The van der Waals surface area contributed by atoms with Crippen LogP contribution in [0, 0.1) is 0 Å². The molecule has 0 radical (unpaired) electrons. The summed E-state index contributed by atoms with van der Waals surface area (Å²) in [7, 11) is 0. The van der Waals surface area contributed by atoms with Crippen LogP contribution in [0.2, 0.25) is 0 Å². The molecule has 1 aromatic rings. The summed E-state index contributed by atoms with van der Waals surface area (Å²) in [6, 6.07) is 8.19. The van der Waals surface area contributed by atoms with Gasteiger partial charge in [0.2, 0.25) is 0 Å². The van der Waals surface area contributed by atoms with E-state index in [-0.39, 0.29) is 6.10 Å². The molecule has 0 saturated carbocycles. The Bertz CT molecular complexity index is 284. The van der Waals surface area contributed by atoms with E-state index in [2.05, 4.69) is 19.1 Å². The average Bonchev–Trinajstić information content (AvgIpc) is 2.25. The van der Waals surface area contributed by atoms with Crippen LogP contribution >= 0.6 is 11.8 Å². The number of aliphatic hydroxyl groups excluding tert-OH is 1. The molecular formula is C13H20OS. The molecule has 0 aliphatic carbocycles. The van der Waals surface area contributed by atoms with Gasteiger partial charge < -0.3 is 5.11 Å². The molecule has 1 nitrogen and oxygen atoms in total. The summed E-state index contributed by atoms with van der Waals surface area (Å²) in [5.41, 5.74) is 1.01. The molecular weight excluding hydrogens is 204 g/mol. The lowest BCUT2D eigenvalue weighted by atomic mass is 10.1. The zero-order chi connectivity index (χ0) is 11.1. The quantitative estimate of drug-likeness (QED) is 0.581. The first-order valence-corrected chi connectivity index (χ1v) is 6.63. The Hall–Kier alpha value is -0.470. The minimum absolute atomic E-state index is 0.360. The molecule has 1 aromatic carbocycles. The first-order chi connectivity index (χ1) is 7.24. The molecule has 0 bridgehead atoms. The summed E-state index contributed by atoms with van der Waals surface area (Å²) in [5, 5.41) is 9.45. The highest BCUT2D eigenvalue weighted by Crippen LogP contribution is 2.23. The Labute approximate surface area is 96.9 Å². The Morgan fingerprint density at radius 3 is 2.80 bits per heavy atom. The number of aliphatic hydroxyl groups is 1. The van der Waals surface area contributed by atoms with Crippen LogP contribution in [0.4, 0.5) is 0 Å². The molecule has 0 heterocycles. The lowest BCUT2D eigenvalue weighted by Gasteiger charge is -2.07. The van der Waals surface area contributed by atoms with Gasteiger partial charge in [0.1, 0.15) is 0 Å². The molecule has 0 spiro atoms. The second-order valence-corrected chi connectivity index (χ2v) is 4.97. The van der Waals surface area contributed by atoms with Crippen LogP contribution in [0.3, 0.4) is 0 Å². The molecule has 0 amide bonds. The van der Waals surface area contributed by atoms with Crippen molar-refractivity contribution in [2.75, 3.05) is 5.75 Å². The maximum atomic E-state index is 9.45. The topological polar surface area (TPSA) is 20.2 Å². The third-order valence-corrected chi connectivity index (χ3v) is 3.44. The lowest BCUT2D eigenvalue weighted by Crippen LogP contribution is -1.90. The van der Waals surface area contributed by atoms with Crippen molar-refractivity contribution in [2.24, 2.45) is 0 Å². The van der Waals surface area contributed by atoms with Gasteiger partial charge in [-0.15, -0.1) is 11.8 Å². The highest BCUT2D eigenvalue weighted by atomic mass is 32.2. The van der Waals surface area contributed by atoms with E-state index in [9.17, 15) is 5.11 Å². The molecule has 15 heavy (non-hydrogen) atoms. The maximum Gasteiger partial charge on any atom is 0.0762 e. The Balaban J connectivity index is 2.43. The van der Waals surface area contributed by atoms with Crippen molar-refractivity contribution < 1.29 is 5.11 Å². The summed E-state index contributed by atoms with van der Waals surface area (Å²) in [6.45, 7) is 4.03. The number of benzene rings is 1. The van der Waals surface area contributed by atoms with Crippen LogP contribution in [0.5, 0.6) is 0 Å². The van der Waals surface area contributed by atoms with Crippen molar-refractivity contribution in [1.29, 1.82) is 0 Å². The normalized spacial score (nSPS) is 12.7. The van der Waals surface area contributed by atoms with Crippen LogP contribution in [0.15, 0.2) is 29.2 Å². The molecule has 0 aromatic heterocycles. The molecule has 1 rings (SSSR count). The fraction of sp³-hybridized carbons (Fsp3) is 0.538. The van der Waals surface area contributed by atoms with Crippen molar-refractivity contribution in [1.82, 2.24) is 0 Å². The van der Waals surface area contributed by atoms with Gasteiger partial charge in [-0.05, 0) is 36.8 Å². The summed E-state index contributed by atoms with van der Waals surface area (Å²) in [5.74, 6) is 1.18. The third kappa shape index (κ3) is 4.72. The van der Waals surface area contributed by atoms with E-state index in [1.165, 1.54) is 29.9 Å². The molecule has 0 unspecified atom stereocenters. The van der Waals surface area contributed by atoms with Gasteiger partial charge in [-0.1, -0.05) is 31.9 Å². The van der Waals surface area contributed by atoms with Gasteiger partial charge in [-0.2, -0.15) is 0 Å². The van der Waals surface area contributed by atoms with Gasteiger partial charge >= 0.3 is 0 Å². The molecule has 1 N–H and O–H groups in total. The number of rotatable bonds is 6. The van der Waals surface area contributed by atoms with E-state index >= 15 is 0 Å². The van der Waals surface area contributed by atoms with Crippen LogP contribution in [-0.2, 0) is 0 Å². The van der Waals surface area contributed by atoms with E-state index in [4.69, 9.17) is 0 Å². The van der Waals surface area contributed by atoms with Crippen molar-refractivity contribution >= 4 is 11.8 Å². The Kier molecular flexibility index (Phi) is 5.81. The Morgan fingerprint density at radius 1 is 1.33 bits per heavy atom. The number of thioether (sulfide) groups is 1. The Morgan fingerprint density at radius 2 is 2.13 bits per heavy atom. The summed E-state index contributed by atoms with van der Waals surface area (Å²) in [6.07, 6.45) is 3.50. The summed E-state index contributed by atoms with van der Waals surface area (Å²) >= 11 is 1.88. The van der Waals surface area contributed by atoms with Crippen molar-refractivity contribution in [3.8, 4) is 0 Å². The summed E-state index contributed by atoms with van der Waals surface area (Å²) in [4.78, 5) is 1.27. The van der Waals surface area contributed by atoms with Crippen LogP contribution in [0.25, 0.3) is 0 Å². The van der Waals surface area contributed by atoms with Crippen molar-refractivity contribution in [3.05, 3.63) is 29.8 Å². The fourth-order valence-corrected chi connectivity index (χ4v) is 2.38. The predicted molar refractivity (Wildman–Crippen MR) is 67.3 cm³/mol. The van der Waals surface area contributed by atoms with E-state index in [1.807, 2.05) is 23.9 Å². The highest BCUT2D eigenvalue weighted by molar-refractivity contribution is 7.99. The average molecular weight is 224 g/mol. The van der Waals surface area contributed by atoms with Gasteiger partial charge in [-0.3, -0.25) is 0 Å². The standard InChI is InChI=1S/C13H20OS/c1-3-4-5-9-15-13-8-6-7-12(10-13)11(2)14/h6-8,10-11,14H,3-5,9H2,1-2H3/t11-/m0/s1. The highest BCUT2D eigenvalue weighted by Gasteiger charge is 2.01. The fourth-order valence-electron chi connectivity index (χ4n) is 1.41. The SMILES string of the molecule is CCCCCSc1cccc([C@H](C)O)c1. The second kappa shape index (κ2) is 6.91. The monoisotopic (exact) mass is 224 g/mol. The smallest absolute Gasteiger partial charge is 0.0762 e. The van der Waals surface area contributed by atoms with Gasteiger partial charge in [0.15, 0.2) is 0 Å². The molecule has 84 valence electrons. The van der Waals surface area contributed by atoms with Crippen molar-refractivity contribution in [3.63, 3.8) is 0 Å². The van der Waals surface area contributed by atoms with Gasteiger partial charge in [0.25, 0.3) is 0 Å². The molecule has 0 aliphatic heterocycles. The van der Waals surface area contributed by atoms with Crippen LogP contribution in [-0.4, -0.2) is 10.9 Å². The first kappa shape index (κ1) is 12.6. The minimum Gasteiger partial charge on any atom is -0.389 e. The van der Waals surface area contributed by atoms with E-state index in [1.54, 1.807) is 6.92 Å². The number of hydrogen-bond acceptors (Lipinski definition) is 2. The van der Waals surface area contributed by atoms with E-state index < -0.39 is 0 Å². The molecule has 2 heteroatoms. The predicted octanol–water partition coefficient (Wildman–Crippen LogP) is 4.02. The van der Waals surface area contributed by atoms with Gasteiger partial charge in [-0.25, -0.2) is 0 Å². The van der Waals surface area contributed by atoms with Gasteiger partial charge in [0, 0.05) is 4.90 Å². The summed E-state index contributed by atoms with van der Waals surface area (Å²) < 4.78 is 0. The van der Waals surface area contributed by atoms with Crippen molar-refractivity contribution in [2.45, 2.75) is 44.1 Å². The zero-order valence-corrected chi connectivity index (χ0v) is 10.4. The lowest BCUT2D eigenvalue weighted by molar-refractivity contribution is 0.199. The number of hydrogen-bond donors (Lipinski definition) is 1. The van der Waals surface area contributed by atoms with Gasteiger partial charge in [0.05, 0.1) is 6.10 Å². The molecule has 1 atom stereocenters. The minimum atomic E-state index is -0.360. The van der Waals surface area contributed by atoms with Crippen LogP contribution in [0.1, 0.15) is 44.8 Å². The third-order valence-electron chi connectivity index (χ3n) is 2.36. The molecule has 0 aliphatic rings. The van der Waals surface area contributed by atoms with E-state index in [0.29, 0.717) is 0 Å². The molecule has 0 fully saturated rings. The second-order valence-electron chi connectivity index (χ2n) is 3.80. The van der Waals surface area contributed by atoms with E-state index in [0.717, 1.165) is 5.56 Å². The molecule has 0 saturated heterocycles. The zero-order valence-electron chi connectivity index (χ0n) is 9.57. The maximum absolute atomic E-state index is 9.45.